The van der Waals surface area contributed by atoms with E-state index in [9.17, 15) is 15.0 Å². The molecule has 4 nitrogen and oxygen atoms in total. The van der Waals surface area contributed by atoms with Gasteiger partial charge in [0.25, 0.3) is 0 Å². The molecule has 114 valence electrons. The SMILES string of the molecule is O=C(/C=C/c1ccc(O)c(O)c1)Nc1ccc2ccccc2c1. The van der Waals surface area contributed by atoms with Gasteiger partial charge in [0, 0.05) is 11.8 Å². The van der Waals surface area contributed by atoms with Gasteiger partial charge in [-0.2, -0.15) is 0 Å². The number of nitrogens with one attached hydrogen (secondary N) is 1. The van der Waals surface area contributed by atoms with Gasteiger partial charge in [-0.05, 0) is 46.7 Å². The number of phenols is 2. The Hall–Kier alpha value is -3.27. The first kappa shape index (κ1) is 14.7. The van der Waals surface area contributed by atoms with E-state index in [-0.39, 0.29) is 17.4 Å². The highest BCUT2D eigenvalue weighted by atomic mass is 16.3. The summed E-state index contributed by atoms with van der Waals surface area (Å²) in [7, 11) is 0. The Bertz CT molecular complexity index is 900. The van der Waals surface area contributed by atoms with Crippen LogP contribution >= 0.6 is 0 Å². The molecule has 3 aromatic carbocycles. The highest BCUT2D eigenvalue weighted by Gasteiger charge is 2.01. The molecule has 3 N–H and O–H groups in total. The van der Waals surface area contributed by atoms with Crippen molar-refractivity contribution in [3.05, 3.63) is 72.3 Å². The highest BCUT2D eigenvalue weighted by Crippen LogP contribution is 2.25. The van der Waals surface area contributed by atoms with Gasteiger partial charge in [-0.1, -0.05) is 36.4 Å². The summed E-state index contributed by atoms with van der Waals surface area (Å²) in [5.74, 6) is -0.683. The average molecular weight is 305 g/mol. The summed E-state index contributed by atoms with van der Waals surface area (Å²) in [6, 6.07) is 18.0. The molecular formula is C19H15NO3. The van der Waals surface area contributed by atoms with Gasteiger partial charge in [0.2, 0.25) is 5.91 Å². The number of anilines is 1. The number of hydrogen-bond acceptors (Lipinski definition) is 3. The standard InChI is InChI=1S/C19H15NO3/c21-17-9-5-13(11-18(17)22)6-10-19(23)20-16-8-7-14-3-1-2-4-15(14)12-16/h1-12,21-22H,(H,20,23)/b10-6+. The molecule has 0 unspecified atom stereocenters. The monoisotopic (exact) mass is 305 g/mol. The van der Waals surface area contributed by atoms with Crippen molar-refractivity contribution in [2.75, 3.05) is 5.32 Å². The lowest BCUT2D eigenvalue weighted by molar-refractivity contribution is -0.111. The third kappa shape index (κ3) is 3.49. The van der Waals surface area contributed by atoms with Crippen LogP contribution in [0.25, 0.3) is 16.8 Å². The van der Waals surface area contributed by atoms with Crippen LogP contribution in [0.1, 0.15) is 5.56 Å². The number of hydrogen-bond donors (Lipinski definition) is 3. The molecule has 4 heteroatoms. The van der Waals surface area contributed by atoms with Gasteiger partial charge in [0.15, 0.2) is 11.5 Å². The maximum Gasteiger partial charge on any atom is 0.248 e. The lowest BCUT2D eigenvalue weighted by atomic mass is 10.1. The summed E-state index contributed by atoms with van der Waals surface area (Å²) in [5.41, 5.74) is 1.33. The predicted octanol–water partition coefficient (Wildman–Crippen LogP) is 3.90. The Morgan fingerprint density at radius 3 is 2.43 bits per heavy atom. The Kier molecular flexibility index (Phi) is 3.97. The van der Waals surface area contributed by atoms with Crippen LogP contribution in [0.3, 0.4) is 0 Å². The van der Waals surface area contributed by atoms with Gasteiger partial charge in [-0.3, -0.25) is 4.79 Å². The maximum atomic E-state index is 12.0. The van der Waals surface area contributed by atoms with Crippen molar-refractivity contribution in [2.45, 2.75) is 0 Å². The molecule has 23 heavy (non-hydrogen) atoms. The van der Waals surface area contributed by atoms with Crippen molar-refractivity contribution in [3.63, 3.8) is 0 Å². The molecule has 0 spiro atoms. The van der Waals surface area contributed by atoms with Crippen molar-refractivity contribution < 1.29 is 15.0 Å². The molecular weight excluding hydrogens is 290 g/mol. The first-order chi connectivity index (χ1) is 11.1. The van der Waals surface area contributed by atoms with Crippen LogP contribution in [0.2, 0.25) is 0 Å². The first-order valence-electron chi connectivity index (χ1n) is 7.12. The number of rotatable bonds is 3. The van der Waals surface area contributed by atoms with Gasteiger partial charge in [-0.25, -0.2) is 0 Å². The number of carbonyl (C=O) groups excluding carboxylic acids is 1. The zero-order valence-electron chi connectivity index (χ0n) is 12.2. The number of aromatic hydroxyl groups is 2. The van der Waals surface area contributed by atoms with Gasteiger partial charge in [0.1, 0.15) is 0 Å². The van der Waals surface area contributed by atoms with Crippen LogP contribution in [0, 0.1) is 0 Å². The summed E-state index contributed by atoms with van der Waals surface area (Å²) in [6.45, 7) is 0. The third-order valence-corrected chi connectivity index (χ3v) is 3.44. The second kappa shape index (κ2) is 6.23. The molecule has 0 aliphatic heterocycles. The lowest BCUT2D eigenvalue weighted by Crippen LogP contribution is -2.07. The van der Waals surface area contributed by atoms with E-state index in [1.54, 1.807) is 12.1 Å². The molecule has 0 atom stereocenters. The Morgan fingerprint density at radius 1 is 0.870 bits per heavy atom. The number of fused-ring (bicyclic) bond motifs is 1. The first-order valence-corrected chi connectivity index (χ1v) is 7.12. The van der Waals surface area contributed by atoms with Crippen LogP contribution in [-0.4, -0.2) is 16.1 Å². The predicted molar refractivity (Wildman–Crippen MR) is 91.4 cm³/mol. The minimum Gasteiger partial charge on any atom is -0.504 e. The number of benzene rings is 3. The molecule has 0 heterocycles. The summed E-state index contributed by atoms with van der Waals surface area (Å²) >= 11 is 0. The number of carbonyl (C=O) groups is 1. The maximum absolute atomic E-state index is 12.0. The van der Waals surface area contributed by atoms with E-state index in [1.807, 2.05) is 42.5 Å². The van der Waals surface area contributed by atoms with Crippen LogP contribution in [0.15, 0.2) is 66.7 Å². The third-order valence-electron chi connectivity index (χ3n) is 3.44. The quantitative estimate of drug-likeness (QED) is 0.507. The van der Waals surface area contributed by atoms with Crippen molar-refractivity contribution >= 4 is 28.4 Å². The van der Waals surface area contributed by atoms with Crippen LogP contribution in [-0.2, 0) is 4.79 Å². The molecule has 0 bridgehead atoms. The minimum atomic E-state index is -0.271. The van der Waals surface area contributed by atoms with E-state index in [1.165, 1.54) is 18.2 Å². The van der Waals surface area contributed by atoms with E-state index in [0.29, 0.717) is 11.3 Å². The molecule has 0 radical (unpaired) electrons. The van der Waals surface area contributed by atoms with Gasteiger partial charge >= 0.3 is 0 Å². The van der Waals surface area contributed by atoms with E-state index >= 15 is 0 Å². The van der Waals surface area contributed by atoms with Crippen molar-refractivity contribution in [1.29, 1.82) is 0 Å². The fraction of sp³-hybridized carbons (Fsp3) is 0. The molecule has 0 aliphatic rings. The van der Waals surface area contributed by atoms with Crippen molar-refractivity contribution in [2.24, 2.45) is 0 Å². The molecule has 0 saturated heterocycles. The highest BCUT2D eigenvalue weighted by molar-refractivity contribution is 6.03. The molecule has 0 fully saturated rings. The zero-order valence-corrected chi connectivity index (χ0v) is 12.2. The molecule has 0 aliphatic carbocycles. The zero-order chi connectivity index (χ0) is 16.2. The molecule has 0 aromatic heterocycles. The molecule has 3 rings (SSSR count). The largest absolute Gasteiger partial charge is 0.504 e. The van der Waals surface area contributed by atoms with E-state index in [4.69, 9.17) is 0 Å². The van der Waals surface area contributed by atoms with E-state index in [2.05, 4.69) is 5.32 Å². The lowest BCUT2D eigenvalue weighted by Gasteiger charge is -2.04. The van der Waals surface area contributed by atoms with E-state index in [0.717, 1.165) is 10.8 Å². The van der Waals surface area contributed by atoms with Crippen molar-refractivity contribution in [3.8, 4) is 11.5 Å². The summed E-state index contributed by atoms with van der Waals surface area (Å²) in [5, 5.41) is 23.6. The normalized spacial score (nSPS) is 11.0. The summed E-state index contributed by atoms with van der Waals surface area (Å²) < 4.78 is 0. The van der Waals surface area contributed by atoms with Gasteiger partial charge in [-0.15, -0.1) is 0 Å². The Labute approximate surface area is 133 Å². The van der Waals surface area contributed by atoms with Crippen LogP contribution in [0.5, 0.6) is 11.5 Å². The van der Waals surface area contributed by atoms with Gasteiger partial charge in [0.05, 0.1) is 0 Å². The van der Waals surface area contributed by atoms with Crippen molar-refractivity contribution in [1.82, 2.24) is 0 Å². The van der Waals surface area contributed by atoms with Gasteiger partial charge < -0.3 is 15.5 Å². The summed E-state index contributed by atoms with van der Waals surface area (Å²) in [6.07, 6.45) is 2.94. The van der Waals surface area contributed by atoms with Crippen LogP contribution in [0.4, 0.5) is 5.69 Å². The minimum absolute atomic E-state index is 0.192. The fourth-order valence-corrected chi connectivity index (χ4v) is 2.27. The fourth-order valence-electron chi connectivity index (χ4n) is 2.27. The topological polar surface area (TPSA) is 69.6 Å². The Morgan fingerprint density at radius 2 is 1.65 bits per heavy atom. The van der Waals surface area contributed by atoms with E-state index < -0.39 is 0 Å². The second-order valence-corrected chi connectivity index (χ2v) is 5.13. The Balaban J connectivity index is 1.72. The molecule has 1 amide bonds. The van der Waals surface area contributed by atoms with Crippen LogP contribution < -0.4 is 5.32 Å². The number of phenolic OH excluding ortho intramolecular Hbond substituents is 2. The molecule has 3 aromatic rings. The molecule has 0 saturated carbocycles. The number of amides is 1. The smallest absolute Gasteiger partial charge is 0.248 e. The second-order valence-electron chi connectivity index (χ2n) is 5.13. The summed E-state index contributed by atoms with van der Waals surface area (Å²) in [4.78, 5) is 12.0. The average Bonchev–Trinajstić information content (AvgIpc) is 2.56.